The molecule has 3 heterocycles. The molecular formula is C18H19N3OS2. The third-order valence-corrected chi connectivity index (χ3v) is 6.23. The van der Waals surface area contributed by atoms with E-state index in [4.69, 9.17) is 4.98 Å². The first-order chi connectivity index (χ1) is 11.8. The lowest BCUT2D eigenvalue weighted by molar-refractivity contribution is -0.121. The number of piperidine rings is 1. The standard InChI is InChI=1S/C18H19N3OS2/c22-17(11-14-6-4-10-23-14)19-13-5-3-9-21(12-13)18-20-15-7-1-2-8-16(15)24-18/h1-2,4,6-8,10,13H,3,5,9,11-12H2,(H,19,22). The highest BCUT2D eigenvalue weighted by molar-refractivity contribution is 7.22. The number of fused-ring (bicyclic) bond motifs is 1. The summed E-state index contributed by atoms with van der Waals surface area (Å²) in [6.07, 6.45) is 2.60. The van der Waals surface area contributed by atoms with E-state index in [1.54, 1.807) is 22.7 Å². The first-order valence-corrected chi connectivity index (χ1v) is 9.90. The molecule has 2 aromatic heterocycles. The molecule has 1 N–H and O–H groups in total. The first kappa shape index (κ1) is 15.6. The summed E-state index contributed by atoms with van der Waals surface area (Å²) < 4.78 is 1.22. The normalized spacial score (nSPS) is 18.0. The second-order valence-corrected chi connectivity index (χ2v) is 8.11. The number of nitrogens with zero attached hydrogens (tertiary/aromatic N) is 2. The molecule has 1 unspecified atom stereocenters. The summed E-state index contributed by atoms with van der Waals surface area (Å²) in [5.41, 5.74) is 1.06. The summed E-state index contributed by atoms with van der Waals surface area (Å²) in [4.78, 5) is 20.4. The van der Waals surface area contributed by atoms with Crippen molar-refractivity contribution in [2.45, 2.75) is 25.3 Å². The topological polar surface area (TPSA) is 45.2 Å². The maximum atomic E-state index is 12.2. The van der Waals surface area contributed by atoms with Crippen molar-refractivity contribution in [1.29, 1.82) is 0 Å². The van der Waals surface area contributed by atoms with Gasteiger partial charge >= 0.3 is 0 Å². The molecule has 1 aromatic carbocycles. The quantitative estimate of drug-likeness (QED) is 0.775. The molecule has 24 heavy (non-hydrogen) atoms. The Bertz CT molecular complexity index is 795. The van der Waals surface area contributed by atoms with E-state index in [-0.39, 0.29) is 11.9 Å². The van der Waals surface area contributed by atoms with E-state index in [0.717, 1.165) is 41.5 Å². The number of carbonyl (C=O) groups excluding carboxylic acids is 1. The Morgan fingerprint density at radius 3 is 3.04 bits per heavy atom. The second kappa shape index (κ2) is 6.91. The average Bonchev–Trinajstić information content (AvgIpc) is 3.24. The summed E-state index contributed by atoms with van der Waals surface area (Å²) in [5.74, 6) is 0.119. The molecule has 3 aromatic rings. The molecule has 6 heteroatoms. The van der Waals surface area contributed by atoms with E-state index in [1.807, 2.05) is 29.6 Å². The van der Waals surface area contributed by atoms with E-state index in [2.05, 4.69) is 22.3 Å². The SMILES string of the molecule is O=C(Cc1cccs1)NC1CCCN(c2nc3ccccc3s2)C1. The van der Waals surface area contributed by atoms with E-state index < -0.39 is 0 Å². The van der Waals surface area contributed by atoms with Crippen molar-refractivity contribution >= 4 is 43.9 Å². The third-order valence-electron chi connectivity index (χ3n) is 4.25. The van der Waals surface area contributed by atoms with Gasteiger partial charge < -0.3 is 10.2 Å². The van der Waals surface area contributed by atoms with Crippen LogP contribution >= 0.6 is 22.7 Å². The molecule has 1 saturated heterocycles. The first-order valence-electron chi connectivity index (χ1n) is 8.20. The number of rotatable bonds is 4. The Morgan fingerprint density at radius 1 is 1.29 bits per heavy atom. The van der Waals surface area contributed by atoms with Crippen molar-refractivity contribution in [3.8, 4) is 0 Å². The lowest BCUT2D eigenvalue weighted by atomic mass is 10.1. The molecule has 4 rings (SSSR count). The molecule has 0 bridgehead atoms. The molecule has 0 saturated carbocycles. The summed E-state index contributed by atoms with van der Waals surface area (Å²) in [6, 6.07) is 12.4. The van der Waals surface area contributed by atoms with Crippen molar-refractivity contribution in [3.05, 3.63) is 46.7 Å². The van der Waals surface area contributed by atoms with Gasteiger partial charge in [0.25, 0.3) is 0 Å². The van der Waals surface area contributed by atoms with Gasteiger partial charge in [-0.3, -0.25) is 4.79 Å². The number of anilines is 1. The maximum absolute atomic E-state index is 12.2. The third kappa shape index (κ3) is 3.44. The molecule has 1 amide bonds. The molecule has 4 nitrogen and oxygen atoms in total. The Balaban J connectivity index is 1.40. The zero-order valence-corrected chi connectivity index (χ0v) is 14.9. The molecule has 0 spiro atoms. The molecular weight excluding hydrogens is 338 g/mol. The van der Waals surface area contributed by atoms with Crippen LogP contribution in [0.4, 0.5) is 5.13 Å². The van der Waals surface area contributed by atoms with Gasteiger partial charge in [-0.25, -0.2) is 4.98 Å². The van der Waals surface area contributed by atoms with Gasteiger partial charge in [-0.05, 0) is 36.4 Å². The predicted molar refractivity (Wildman–Crippen MR) is 101 cm³/mol. The molecule has 0 aliphatic carbocycles. The lowest BCUT2D eigenvalue weighted by Gasteiger charge is -2.32. The van der Waals surface area contributed by atoms with Gasteiger partial charge in [-0.1, -0.05) is 29.5 Å². The van der Waals surface area contributed by atoms with Crippen LogP contribution in [0.5, 0.6) is 0 Å². The van der Waals surface area contributed by atoms with Crippen molar-refractivity contribution < 1.29 is 4.79 Å². The van der Waals surface area contributed by atoms with Crippen molar-refractivity contribution in [2.75, 3.05) is 18.0 Å². The van der Waals surface area contributed by atoms with E-state index in [9.17, 15) is 4.79 Å². The van der Waals surface area contributed by atoms with Crippen molar-refractivity contribution in [3.63, 3.8) is 0 Å². The number of hydrogen-bond donors (Lipinski definition) is 1. The lowest BCUT2D eigenvalue weighted by Crippen LogP contribution is -2.48. The highest BCUT2D eigenvalue weighted by Gasteiger charge is 2.23. The minimum Gasteiger partial charge on any atom is -0.351 e. The predicted octanol–water partition coefficient (Wildman–Crippen LogP) is 3.69. The van der Waals surface area contributed by atoms with Gasteiger partial charge in [0.1, 0.15) is 0 Å². The average molecular weight is 358 g/mol. The fourth-order valence-corrected chi connectivity index (χ4v) is 4.82. The van der Waals surface area contributed by atoms with Crippen LogP contribution in [-0.4, -0.2) is 30.0 Å². The number of nitrogens with one attached hydrogen (secondary N) is 1. The number of aromatic nitrogens is 1. The Kier molecular flexibility index (Phi) is 4.49. The number of hydrogen-bond acceptors (Lipinski definition) is 5. The van der Waals surface area contributed by atoms with Crippen LogP contribution in [0.2, 0.25) is 0 Å². The minimum atomic E-state index is 0.119. The summed E-state index contributed by atoms with van der Waals surface area (Å²) in [7, 11) is 0. The van der Waals surface area contributed by atoms with Crippen LogP contribution in [0.25, 0.3) is 10.2 Å². The Morgan fingerprint density at radius 2 is 2.21 bits per heavy atom. The number of amides is 1. The zero-order valence-electron chi connectivity index (χ0n) is 13.3. The van der Waals surface area contributed by atoms with E-state index in [0.29, 0.717) is 6.42 Å². The van der Waals surface area contributed by atoms with Crippen LogP contribution < -0.4 is 10.2 Å². The molecule has 1 fully saturated rings. The van der Waals surface area contributed by atoms with Crippen LogP contribution in [-0.2, 0) is 11.2 Å². The van der Waals surface area contributed by atoms with Crippen LogP contribution in [0.3, 0.4) is 0 Å². The van der Waals surface area contributed by atoms with E-state index in [1.165, 1.54) is 4.70 Å². The van der Waals surface area contributed by atoms with Gasteiger partial charge in [0, 0.05) is 24.0 Å². The van der Waals surface area contributed by atoms with Crippen molar-refractivity contribution in [2.24, 2.45) is 0 Å². The van der Waals surface area contributed by atoms with E-state index >= 15 is 0 Å². The Hall–Kier alpha value is -1.92. The number of benzene rings is 1. The summed E-state index contributed by atoms with van der Waals surface area (Å²) in [6.45, 7) is 1.85. The van der Waals surface area contributed by atoms with Crippen LogP contribution in [0, 0.1) is 0 Å². The highest BCUT2D eigenvalue weighted by Crippen LogP contribution is 2.30. The molecule has 124 valence electrons. The van der Waals surface area contributed by atoms with Crippen molar-refractivity contribution in [1.82, 2.24) is 10.3 Å². The molecule has 1 aliphatic heterocycles. The smallest absolute Gasteiger partial charge is 0.225 e. The fraction of sp³-hybridized carbons (Fsp3) is 0.333. The summed E-state index contributed by atoms with van der Waals surface area (Å²) in [5, 5.41) is 6.27. The van der Waals surface area contributed by atoms with Gasteiger partial charge in [0.15, 0.2) is 5.13 Å². The number of thiophene rings is 1. The monoisotopic (exact) mass is 357 g/mol. The Labute approximate surface area is 149 Å². The fourth-order valence-electron chi connectivity index (χ4n) is 3.11. The van der Waals surface area contributed by atoms with Gasteiger partial charge in [-0.15, -0.1) is 11.3 Å². The molecule has 1 aliphatic rings. The maximum Gasteiger partial charge on any atom is 0.225 e. The van der Waals surface area contributed by atoms with Gasteiger partial charge in [-0.2, -0.15) is 0 Å². The number of carbonyl (C=O) groups is 1. The number of thiazole rings is 1. The minimum absolute atomic E-state index is 0.119. The van der Waals surface area contributed by atoms with Crippen LogP contribution in [0.1, 0.15) is 17.7 Å². The molecule has 0 radical (unpaired) electrons. The number of para-hydroxylation sites is 1. The zero-order chi connectivity index (χ0) is 16.4. The highest BCUT2D eigenvalue weighted by atomic mass is 32.1. The second-order valence-electron chi connectivity index (χ2n) is 6.07. The van der Waals surface area contributed by atoms with Crippen LogP contribution in [0.15, 0.2) is 41.8 Å². The molecule has 1 atom stereocenters. The van der Waals surface area contributed by atoms with Gasteiger partial charge in [0.2, 0.25) is 5.91 Å². The summed E-state index contributed by atoms with van der Waals surface area (Å²) >= 11 is 3.37. The largest absolute Gasteiger partial charge is 0.351 e. The van der Waals surface area contributed by atoms with Gasteiger partial charge in [0.05, 0.1) is 16.6 Å².